The molecule has 0 bridgehead atoms. The highest BCUT2D eigenvalue weighted by atomic mass is 16.5. The number of carbonyl (C=O) groups excluding carboxylic acids is 1. The number of hydrogen-bond donors (Lipinski definition) is 1. The van der Waals surface area contributed by atoms with Crippen molar-refractivity contribution >= 4 is 11.6 Å². The quantitative estimate of drug-likeness (QED) is 0.673. The molecule has 1 N–H and O–H groups in total. The van der Waals surface area contributed by atoms with Gasteiger partial charge < -0.3 is 10.1 Å². The minimum absolute atomic E-state index is 0.0424. The Morgan fingerprint density at radius 2 is 1.84 bits per heavy atom. The second-order valence-corrected chi connectivity index (χ2v) is 6.96. The predicted molar refractivity (Wildman–Crippen MR) is 105 cm³/mol. The molecule has 0 spiro atoms. The molecule has 0 heterocycles. The summed E-state index contributed by atoms with van der Waals surface area (Å²) in [5.74, 6) is 1.32. The van der Waals surface area contributed by atoms with Crippen molar-refractivity contribution in [2.45, 2.75) is 53.4 Å². The normalized spacial score (nSPS) is 10.8. The van der Waals surface area contributed by atoms with Crippen molar-refractivity contribution in [3.63, 3.8) is 0 Å². The molecular formula is C22H29NO2. The van der Waals surface area contributed by atoms with E-state index in [-0.39, 0.29) is 5.91 Å². The molecule has 0 fully saturated rings. The third kappa shape index (κ3) is 5.35. The zero-order valence-electron chi connectivity index (χ0n) is 16.0. The second kappa shape index (κ2) is 8.70. The monoisotopic (exact) mass is 339 g/mol. The van der Waals surface area contributed by atoms with E-state index in [1.807, 2.05) is 39.0 Å². The molecule has 0 aliphatic heterocycles. The fourth-order valence-electron chi connectivity index (χ4n) is 2.82. The molecule has 2 aromatic carbocycles. The van der Waals surface area contributed by atoms with Crippen LogP contribution in [0.3, 0.4) is 0 Å². The van der Waals surface area contributed by atoms with Crippen molar-refractivity contribution in [3.05, 3.63) is 58.7 Å². The maximum absolute atomic E-state index is 12.3. The first-order valence-corrected chi connectivity index (χ1v) is 8.98. The maximum atomic E-state index is 12.3. The average Bonchev–Trinajstić information content (AvgIpc) is 2.56. The number of ether oxygens (including phenoxy) is 1. The van der Waals surface area contributed by atoms with Crippen molar-refractivity contribution in [1.29, 1.82) is 0 Å². The fraction of sp³-hybridized carbons (Fsp3) is 0.409. The molecule has 0 radical (unpaired) electrons. The number of nitrogens with one attached hydrogen (secondary N) is 1. The summed E-state index contributed by atoms with van der Waals surface area (Å²) in [7, 11) is 0. The minimum atomic E-state index is 0.0424. The number of rotatable bonds is 7. The Morgan fingerprint density at radius 1 is 1.08 bits per heavy atom. The van der Waals surface area contributed by atoms with E-state index >= 15 is 0 Å². The van der Waals surface area contributed by atoms with Crippen molar-refractivity contribution < 1.29 is 9.53 Å². The third-order valence-electron chi connectivity index (χ3n) is 4.34. The number of aryl methyl sites for hydroxylation is 3. The Labute approximate surface area is 151 Å². The van der Waals surface area contributed by atoms with Gasteiger partial charge in [-0.1, -0.05) is 44.2 Å². The second-order valence-electron chi connectivity index (χ2n) is 6.96. The lowest BCUT2D eigenvalue weighted by Crippen LogP contribution is -2.15. The first kappa shape index (κ1) is 19.0. The lowest BCUT2D eigenvalue weighted by Gasteiger charge is -2.16. The number of amides is 1. The first-order valence-electron chi connectivity index (χ1n) is 8.98. The van der Waals surface area contributed by atoms with Gasteiger partial charge in [-0.15, -0.1) is 0 Å². The van der Waals surface area contributed by atoms with Gasteiger partial charge in [0.25, 0.3) is 0 Å². The first-order chi connectivity index (χ1) is 11.9. The van der Waals surface area contributed by atoms with Crippen molar-refractivity contribution in [3.8, 4) is 5.75 Å². The molecule has 0 saturated carbocycles. The summed E-state index contributed by atoms with van der Waals surface area (Å²) in [6.45, 7) is 10.9. The molecule has 0 aromatic heterocycles. The summed E-state index contributed by atoms with van der Waals surface area (Å²) in [6, 6.07) is 12.3. The highest BCUT2D eigenvalue weighted by molar-refractivity contribution is 5.92. The third-order valence-corrected chi connectivity index (χ3v) is 4.34. The molecular weight excluding hydrogens is 310 g/mol. The molecule has 0 unspecified atom stereocenters. The molecule has 1 amide bonds. The van der Waals surface area contributed by atoms with Gasteiger partial charge in [0.1, 0.15) is 5.75 Å². The molecule has 3 heteroatoms. The zero-order chi connectivity index (χ0) is 18.4. The highest BCUT2D eigenvalue weighted by Crippen LogP contribution is 2.27. The van der Waals surface area contributed by atoms with Gasteiger partial charge in [0.05, 0.1) is 6.61 Å². The van der Waals surface area contributed by atoms with Crippen LogP contribution in [-0.2, 0) is 4.79 Å². The molecule has 2 aromatic rings. The van der Waals surface area contributed by atoms with Gasteiger partial charge in [0, 0.05) is 12.1 Å². The Balaban J connectivity index is 1.87. The SMILES string of the molecule is Cc1ccc(C)c(OCCCC(=O)Nc2c(C)cccc2C(C)C)c1. The van der Waals surface area contributed by atoms with Gasteiger partial charge in [-0.3, -0.25) is 4.79 Å². The summed E-state index contributed by atoms with van der Waals surface area (Å²) in [6.07, 6.45) is 1.15. The van der Waals surface area contributed by atoms with Crippen LogP contribution in [0.1, 0.15) is 54.9 Å². The number of benzene rings is 2. The number of anilines is 1. The summed E-state index contributed by atoms with van der Waals surface area (Å²) in [5.41, 5.74) is 5.54. The molecule has 0 atom stereocenters. The Hall–Kier alpha value is -2.29. The van der Waals surface area contributed by atoms with Crippen molar-refractivity contribution in [2.24, 2.45) is 0 Å². The summed E-state index contributed by atoms with van der Waals surface area (Å²) in [4.78, 5) is 12.3. The topological polar surface area (TPSA) is 38.3 Å². The lowest BCUT2D eigenvalue weighted by molar-refractivity contribution is -0.116. The van der Waals surface area contributed by atoms with E-state index in [4.69, 9.17) is 4.74 Å². The summed E-state index contributed by atoms with van der Waals surface area (Å²) >= 11 is 0. The van der Waals surface area contributed by atoms with Crippen molar-refractivity contribution in [2.75, 3.05) is 11.9 Å². The van der Waals surface area contributed by atoms with E-state index in [1.165, 1.54) is 11.1 Å². The fourth-order valence-corrected chi connectivity index (χ4v) is 2.82. The Morgan fingerprint density at radius 3 is 2.56 bits per heavy atom. The van der Waals surface area contributed by atoms with Crippen LogP contribution < -0.4 is 10.1 Å². The van der Waals surface area contributed by atoms with Crippen LogP contribution >= 0.6 is 0 Å². The molecule has 0 aliphatic rings. The largest absolute Gasteiger partial charge is 0.493 e. The summed E-state index contributed by atoms with van der Waals surface area (Å²) < 4.78 is 5.82. The Bertz CT molecular complexity index is 735. The number of hydrogen-bond acceptors (Lipinski definition) is 2. The van der Waals surface area contributed by atoms with Crippen LogP contribution in [0.15, 0.2) is 36.4 Å². The molecule has 3 nitrogen and oxygen atoms in total. The standard InChI is InChI=1S/C22H29NO2/c1-15(2)19-9-6-8-18(5)22(19)23-21(24)10-7-13-25-20-14-16(3)11-12-17(20)4/h6,8-9,11-12,14-15H,7,10,13H2,1-5H3,(H,23,24). The van der Waals surface area contributed by atoms with Gasteiger partial charge in [0.15, 0.2) is 0 Å². The maximum Gasteiger partial charge on any atom is 0.224 e. The van der Waals surface area contributed by atoms with E-state index in [9.17, 15) is 4.79 Å². The lowest BCUT2D eigenvalue weighted by atomic mass is 9.98. The molecule has 0 saturated heterocycles. The van der Waals surface area contributed by atoms with Crippen LogP contribution in [0.25, 0.3) is 0 Å². The van der Waals surface area contributed by atoms with E-state index in [0.29, 0.717) is 25.4 Å². The van der Waals surface area contributed by atoms with E-state index in [1.54, 1.807) is 0 Å². The predicted octanol–water partition coefficient (Wildman–Crippen LogP) is 5.53. The van der Waals surface area contributed by atoms with E-state index < -0.39 is 0 Å². The highest BCUT2D eigenvalue weighted by Gasteiger charge is 2.12. The van der Waals surface area contributed by atoms with Gasteiger partial charge in [-0.05, 0) is 61.4 Å². The van der Waals surface area contributed by atoms with Gasteiger partial charge >= 0.3 is 0 Å². The average molecular weight is 339 g/mol. The molecule has 0 aliphatic carbocycles. The van der Waals surface area contributed by atoms with Crippen LogP contribution in [0.4, 0.5) is 5.69 Å². The minimum Gasteiger partial charge on any atom is -0.493 e. The summed E-state index contributed by atoms with van der Waals surface area (Å²) in [5, 5.41) is 3.08. The van der Waals surface area contributed by atoms with Crippen molar-refractivity contribution in [1.82, 2.24) is 0 Å². The van der Waals surface area contributed by atoms with Crippen LogP contribution in [0.2, 0.25) is 0 Å². The van der Waals surface area contributed by atoms with E-state index in [0.717, 1.165) is 22.6 Å². The number of para-hydroxylation sites is 1. The molecule has 25 heavy (non-hydrogen) atoms. The smallest absolute Gasteiger partial charge is 0.224 e. The van der Waals surface area contributed by atoms with Crippen LogP contribution in [0.5, 0.6) is 5.75 Å². The molecule has 2 rings (SSSR count). The Kier molecular flexibility index (Phi) is 6.63. The molecule has 134 valence electrons. The van der Waals surface area contributed by atoms with Gasteiger partial charge in [-0.25, -0.2) is 0 Å². The number of carbonyl (C=O) groups is 1. The van der Waals surface area contributed by atoms with Gasteiger partial charge in [-0.2, -0.15) is 0 Å². The van der Waals surface area contributed by atoms with Crippen LogP contribution in [0, 0.1) is 20.8 Å². The van der Waals surface area contributed by atoms with Gasteiger partial charge in [0.2, 0.25) is 5.91 Å². The van der Waals surface area contributed by atoms with Crippen LogP contribution in [-0.4, -0.2) is 12.5 Å². The van der Waals surface area contributed by atoms with E-state index in [2.05, 4.69) is 37.4 Å². The zero-order valence-corrected chi connectivity index (χ0v) is 16.0.